The van der Waals surface area contributed by atoms with Crippen LogP contribution in [0.1, 0.15) is 45.8 Å². The minimum absolute atomic E-state index is 0.153. The molecular formula is C20H24N4O4S. The minimum atomic E-state index is -0.422. The van der Waals surface area contributed by atoms with E-state index in [1.165, 1.54) is 56.5 Å². The molecule has 154 valence electrons. The average Bonchev–Trinajstić information content (AvgIpc) is 3.22. The molecule has 0 atom stereocenters. The van der Waals surface area contributed by atoms with Crippen LogP contribution >= 0.6 is 11.3 Å². The Balaban J connectivity index is 1.41. The van der Waals surface area contributed by atoms with E-state index >= 15 is 0 Å². The van der Waals surface area contributed by atoms with Gasteiger partial charge in [0.1, 0.15) is 4.88 Å². The summed E-state index contributed by atoms with van der Waals surface area (Å²) in [6.45, 7) is 0.335. The maximum Gasteiger partial charge on any atom is 0.348 e. The molecule has 29 heavy (non-hydrogen) atoms. The number of rotatable bonds is 5. The van der Waals surface area contributed by atoms with Gasteiger partial charge in [-0.3, -0.25) is 13.9 Å². The second-order valence-corrected chi connectivity index (χ2v) is 8.57. The molecule has 9 heteroatoms. The summed E-state index contributed by atoms with van der Waals surface area (Å²) in [5.41, 5.74) is 1.22. The van der Waals surface area contributed by atoms with Crippen molar-refractivity contribution in [3.05, 3.63) is 48.5 Å². The van der Waals surface area contributed by atoms with Crippen LogP contribution in [0.4, 0.5) is 0 Å². The Hall–Kier alpha value is -2.68. The number of aromatic nitrogens is 4. The van der Waals surface area contributed by atoms with Gasteiger partial charge in [0.05, 0.1) is 12.9 Å². The molecular weight excluding hydrogens is 392 g/mol. The molecule has 3 aromatic heterocycles. The van der Waals surface area contributed by atoms with Crippen molar-refractivity contribution in [1.29, 1.82) is 0 Å². The standard InChI is InChI=1S/C20H24N4O4S/c1-22-12-21-17-16(22)18(25)24(20(27)23(17)2)9-6-10-28-19(26)15-11-13-7-4-3-5-8-14(13)29-15/h11-12H,3-10H2,1-2H3. The summed E-state index contributed by atoms with van der Waals surface area (Å²) in [4.78, 5) is 43.6. The van der Waals surface area contributed by atoms with Crippen LogP contribution in [0.5, 0.6) is 0 Å². The molecule has 0 unspecified atom stereocenters. The fourth-order valence-corrected chi connectivity index (χ4v) is 4.97. The number of hydrogen-bond donors (Lipinski definition) is 0. The highest BCUT2D eigenvalue weighted by molar-refractivity contribution is 7.14. The van der Waals surface area contributed by atoms with E-state index in [1.54, 1.807) is 18.7 Å². The van der Waals surface area contributed by atoms with Crippen molar-refractivity contribution in [2.75, 3.05) is 6.61 Å². The number of nitrogens with zero attached hydrogens (tertiary/aromatic N) is 4. The molecule has 0 aromatic carbocycles. The number of aryl methyl sites for hydroxylation is 4. The summed E-state index contributed by atoms with van der Waals surface area (Å²) in [5.74, 6) is -0.328. The van der Waals surface area contributed by atoms with E-state index in [9.17, 15) is 14.4 Å². The first-order valence-electron chi connectivity index (χ1n) is 9.87. The van der Waals surface area contributed by atoms with Gasteiger partial charge in [0, 0.05) is 25.5 Å². The zero-order valence-electron chi connectivity index (χ0n) is 16.6. The van der Waals surface area contributed by atoms with E-state index in [2.05, 4.69) is 4.98 Å². The van der Waals surface area contributed by atoms with Crippen LogP contribution in [0.25, 0.3) is 11.2 Å². The number of carbonyl (C=O) groups is 1. The lowest BCUT2D eigenvalue weighted by molar-refractivity contribution is 0.0501. The Kier molecular flexibility index (Phi) is 5.40. The number of thiophene rings is 1. The maximum atomic E-state index is 12.7. The Morgan fingerprint density at radius 1 is 1.21 bits per heavy atom. The van der Waals surface area contributed by atoms with Crippen LogP contribution in [-0.2, 0) is 38.2 Å². The first kappa shape index (κ1) is 19.6. The SMILES string of the molecule is Cn1cnc2c1c(=O)n(CCCOC(=O)c1cc3c(s1)CCCCC3)c(=O)n2C. The van der Waals surface area contributed by atoms with Gasteiger partial charge in [0.15, 0.2) is 11.2 Å². The van der Waals surface area contributed by atoms with E-state index in [1.807, 2.05) is 6.07 Å². The van der Waals surface area contributed by atoms with Crippen molar-refractivity contribution in [3.8, 4) is 0 Å². The number of esters is 1. The van der Waals surface area contributed by atoms with E-state index in [0.717, 1.165) is 12.8 Å². The lowest BCUT2D eigenvalue weighted by Crippen LogP contribution is -2.39. The Labute approximate surface area is 171 Å². The predicted molar refractivity (Wildman–Crippen MR) is 111 cm³/mol. The molecule has 1 aliphatic rings. The molecule has 4 rings (SSSR count). The molecule has 0 spiro atoms. The summed E-state index contributed by atoms with van der Waals surface area (Å²) < 4.78 is 9.53. The molecule has 8 nitrogen and oxygen atoms in total. The summed E-state index contributed by atoms with van der Waals surface area (Å²) in [5, 5.41) is 0. The van der Waals surface area contributed by atoms with Gasteiger partial charge in [-0.2, -0.15) is 0 Å². The third-order valence-corrected chi connectivity index (χ3v) is 6.63. The molecule has 0 radical (unpaired) electrons. The highest BCUT2D eigenvalue weighted by Crippen LogP contribution is 2.29. The third-order valence-electron chi connectivity index (χ3n) is 5.41. The summed E-state index contributed by atoms with van der Waals surface area (Å²) in [6.07, 6.45) is 7.55. The van der Waals surface area contributed by atoms with Crippen LogP contribution in [0, 0.1) is 0 Å². The fourth-order valence-electron chi connectivity index (χ4n) is 3.82. The number of imidazole rings is 1. The van der Waals surface area contributed by atoms with Gasteiger partial charge in [0.25, 0.3) is 5.56 Å². The van der Waals surface area contributed by atoms with Crippen LogP contribution in [0.2, 0.25) is 0 Å². The number of carbonyl (C=O) groups excluding carboxylic acids is 1. The van der Waals surface area contributed by atoms with Crippen molar-refractivity contribution in [3.63, 3.8) is 0 Å². The molecule has 3 aromatic rings. The monoisotopic (exact) mass is 416 g/mol. The smallest absolute Gasteiger partial charge is 0.348 e. The molecule has 0 aliphatic heterocycles. The Bertz CT molecular complexity index is 1160. The van der Waals surface area contributed by atoms with Crippen molar-refractivity contribution < 1.29 is 9.53 Å². The van der Waals surface area contributed by atoms with Gasteiger partial charge < -0.3 is 9.30 Å². The minimum Gasteiger partial charge on any atom is -0.461 e. The highest BCUT2D eigenvalue weighted by atomic mass is 32.1. The molecule has 3 heterocycles. The van der Waals surface area contributed by atoms with Gasteiger partial charge in [-0.1, -0.05) is 6.42 Å². The Morgan fingerprint density at radius 3 is 2.83 bits per heavy atom. The van der Waals surface area contributed by atoms with Crippen LogP contribution < -0.4 is 11.2 Å². The van der Waals surface area contributed by atoms with E-state index in [4.69, 9.17) is 4.74 Å². The third kappa shape index (κ3) is 3.66. The summed E-state index contributed by atoms with van der Waals surface area (Å²) >= 11 is 1.53. The summed E-state index contributed by atoms with van der Waals surface area (Å²) in [6, 6.07) is 1.96. The zero-order chi connectivity index (χ0) is 20.5. The summed E-state index contributed by atoms with van der Waals surface area (Å²) in [7, 11) is 3.31. The molecule has 1 aliphatic carbocycles. The largest absolute Gasteiger partial charge is 0.461 e. The van der Waals surface area contributed by atoms with Crippen molar-refractivity contribution in [1.82, 2.24) is 18.7 Å². The molecule has 0 fully saturated rings. The molecule has 0 saturated carbocycles. The van der Waals surface area contributed by atoms with Gasteiger partial charge in [0.2, 0.25) is 0 Å². The highest BCUT2D eigenvalue weighted by Gasteiger charge is 2.18. The topological polar surface area (TPSA) is 88.1 Å². The molecule has 0 amide bonds. The van der Waals surface area contributed by atoms with E-state index in [-0.39, 0.29) is 24.7 Å². The van der Waals surface area contributed by atoms with Gasteiger partial charge in [-0.15, -0.1) is 11.3 Å². The zero-order valence-corrected chi connectivity index (χ0v) is 17.5. The van der Waals surface area contributed by atoms with Crippen molar-refractivity contribution >= 4 is 28.5 Å². The first-order chi connectivity index (χ1) is 14.0. The normalized spacial score (nSPS) is 14.0. The molecule has 0 N–H and O–H groups in total. The number of hydrogen-bond acceptors (Lipinski definition) is 6. The fraction of sp³-hybridized carbons (Fsp3) is 0.500. The van der Waals surface area contributed by atoms with Gasteiger partial charge in [-0.05, 0) is 43.7 Å². The first-order valence-corrected chi connectivity index (χ1v) is 10.7. The van der Waals surface area contributed by atoms with Crippen LogP contribution in [-0.4, -0.2) is 31.3 Å². The Morgan fingerprint density at radius 2 is 2.00 bits per heavy atom. The van der Waals surface area contributed by atoms with Crippen LogP contribution in [0.3, 0.4) is 0 Å². The predicted octanol–water partition coefficient (Wildman–Crippen LogP) is 2.01. The van der Waals surface area contributed by atoms with Gasteiger partial charge in [-0.25, -0.2) is 14.6 Å². The van der Waals surface area contributed by atoms with E-state index < -0.39 is 5.69 Å². The van der Waals surface area contributed by atoms with Crippen molar-refractivity contribution in [2.24, 2.45) is 14.1 Å². The maximum absolute atomic E-state index is 12.7. The lowest BCUT2D eigenvalue weighted by Gasteiger charge is -2.09. The average molecular weight is 417 g/mol. The van der Waals surface area contributed by atoms with Crippen LogP contribution in [0.15, 0.2) is 22.0 Å². The number of fused-ring (bicyclic) bond motifs is 2. The van der Waals surface area contributed by atoms with E-state index in [0.29, 0.717) is 22.5 Å². The van der Waals surface area contributed by atoms with Crippen molar-refractivity contribution in [2.45, 2.75) is 45.1 Å². The van der Waals surface area contributed by atoms with Gasteiger partial charge >= 0.3 is 11.7 Å². The second kappa shape index (κ2) is 7.98. The molecule has 0 saturated heterocycles. The number of ether oxygens (including phenoxy) is 1. The quantitative estimate of drug-likeness (QED) is 0.361. The second-order valence-electron chi connectivity index (χ2n) is 7.44. The lowest BCUT2D eigenvalue weighted by atomic mass is 10.1. The molecule has 0 bridgehead atoms.